The summed E-state index contributed by atoms with van der Waals surface area (Å²) in [6, 6.07) is 16.5. The molecule has 1 atom stereocenters. The fourth-order valence-corrected chi connectivity index (χ4v) is 5.08. The first kappa shape index (κ1) is 25.4. The molecule has 0 radical (unpaired) electrons. The smallest absolute Gasteiger partial charge is 0.294 e. The summed E-state index contributed by atoms with van der Waals surface area (Å²) < 4.78 is 17.0. The summed E-state index contributed by atoms with van der Waals surface area (Å²) in [4.78, 5) is 28.9. The average molecular weight is 532 g/mol. The maximum Gasteiger partial charge on any atom is 0.294 e. The van der Waals surface area contributed by atoms with Gasteiger partial charge in [-0.05, 0) is 86.0 Å². The van der Waals surface area contributed by atoms with Crippen molar-refractivity contribution in [2.24, 2.45) is 0 Å². The van der Waals surface area contributed by atoms with Crippen molar-refractivity contribution in [1.82, 2.24) is 0 Å². The minimum Gasteiger partial charge on any atom is -0.503 e. The van der Waals surface area contributed by atoms with E-state index in [-0.39, 0.29) is 11.3 Å². The number of halogens is 1. The minimum absolute atomic E-state index is 0.0116. The van der Waals surface area contributed by atoms with Gasteiger partial charge in [-0.3, -0.25) is 14.5 Å². The molecular weight excluding hydrogens is 506 g/mol. The number of ether oxygens (including phenoxy) is 2. The lowest BCUT2D eigenvalue weighted by Gasteiger charge is -2.28. The highest BCUT2D eigenvalue weighted by atomic mass is 35.5. The molecule has 0 aliphatic carbocycles. The van der Waals surface area contributed by atoms with Crippen LogP contribution in [0.2, 0.25) is 5.02 Å². The molecule has 1 N–H and O–H groups in total. The normalized spacial score (nSPS) is 15.4. The van der Waals surface area contributed by atoms with Crippen LogP contribution in [0.5, 0.6) is 11.5 Å². The van der Waals surface area contributed by atoms with Gasteiger partial charge in [0.15, 0.2) is 23.0 Å². The monoisotopic (exact) mass is 531 g/mol. The van der Waals surface area contributed by atoms with E-state index in [9.17, 15) is 14.7 Å². The van der Waals surface area contributed by atoms with E-state index in [1.54, 1.807) is 42.5 Å². The second kappa shape index (κ2) is 9.91. The molecule has 7 nitrogen and oxygen atoms in total. The largest absolute Gasteiger partial charge is 0.503 e. The Morgan fingerprint density at radius 1 is 1.03 bits per heavy atom. The van der Waals surface area contributed by atoms with Gasteiger partial charge in [0.05, 0.1) is 25.3 Å². The molecule has 0 fully saturated rings. The van der Waals surface area contributed by atoms with Crippen LogP contribution in [-0.4, -0.2) is 30.5 Å². The number of amides is 1. The molecule has 2 heterocycles. The van der Waals surface area contributed by atoms with Gasteiger partial charge in [0, 0.05) is 16.1 Å². The molecule has 1 aromatic heterocycles. The number of hydrogen-bond donors (Lipinski definition) is 1. The minimum atomic E-state index is -0.946. The summed E-state index contributed by atoms with van der Waals surface area (Å²) in [5, 5.41) is 12.3. The van der Waals surface area contributed by atoms with E-state index >= 15 is 0 Å². The number of furan rings is 1. The third-order valence-corrected chi connectivity index (χ3v) is 6.68. The van der Waals surface area contributed by atoms with E-state index in [0.29, 0.717) is 45.3 Å². The van der Waals surface area contributed by atoms with Crippen LogP contribution in [0.4, 0.5) is 5.69 Å². The Labute approximate surface area is 224 Å². The third-order valence-electron chi connectivity index (χ3n) is 6.44. The van der Waals surface area contributed by atoms with E-state index < -0.39 is 23.5 Å². The van der Waals surface area contributed by atoms with E-state index in [1.165, 1.54) is 12.0 Å². The number of aryl methyl sites for hydroxylation is 2. The number of aliphatic hydroxyl groups excluding tert-OH is 1. The number of aliphatic hydroxyl groups is 1. The van der Waals surface area contributed by atoms with Gasteiger partial charge in [-0.1, -0.05) is 23.7 Å². The van der Waals surface area contributed by atoms with Crippen molar-refractivity contribution in [3.05, 3.63) is 99.5 Å². The topological polar surface area (TPSA) is 89.2 Å². The predicted octanol–water partition coefficient (Wildman–Crippen LogP) is 6.89. The maximum absolute atomic E-state index is 13.9. The average Bonchev–Trinajstić information content (AvgIpc) is 3.41. The van der Waals surface area contributed by atoms with Gasteiger partial charge in [0.25, 0.3) is 5.91 Å². The van der Waals surface area contributed by atoms with Crippen molar-refractivity contribution in [3.8, 4) is 11.5 Å². The molecule has 1 amide bonds. The lowest BCUT2D eigenvalue weighted by Crippen LogP contribution is -2.31. The Balaban J connectivity index is 1.69. The van der Waals surface area contributed by atoms with Crippen LogP contribution in [0.25, 0.3) is 11.0 Å². The zero-order valence-corrected chi connectivity index (χ0v) is 22.1. The summed E-state index contributed by atoms with van der Waals surface area (Å²) in [6.45, 7) is 6.08. The second-order valence-electron chi connectivity index (χ2n) is 9.15. The number of Topliss-reactive ketones (excluding diaryl/α,β-unsaturated/α-hetero) is 1. The van der Waals surface area contributed by atoms with Crippen LogP contribution in [0.15, 0.2) is 76.4 Å². The first-order chi connectivity index (χ1) is 18.2. The fraction of sp³-hybridized carbons (Fsp3) is 0.200. The van der Waals surface area contributed by atoms with E-state index in [2.05, 4.69) is 0 Å². The Morgan fingerprint density at radius 2 is 1.76 bits per heavy atom. The standard InChI is InChI=1S/C30H26ClNO6/c1-5-37-24-14-18(6-8-23(24)36-4)27-26(28(33)25-15-19-13-20(31)7-9-22(19)38-25)29(34)30(35)32(27)21-11-16(2)10-17(3)12-21/h6-15,27,34H,5H2,1-4H3. The Hall–Kier alpha value is -4.23. The summed E-state index contributed by atoms with van der Waals surface area (Å²) >= 11 is 6.11. The summed E-state index contributed by atoms with van der Waals surface area (Å²) in [7, 11) is 1.53. The van der Waals surface area contributed by atoms with Crippen LogP contribution in [0.3, 0.4) is 0 Å². The Bertz CT molecular complexity index is 1600. The van der Waals surface area contributed by atoms with Gasteiger partial charge in [-0.2, -0.15) is 0 Å². The van der Waals surface area contributed by atoms with Crippen molar-refractivity contribution in [1.29, 1.82) is 0 Å². The Morgan fingerprint density at radius 3 is 2.45 bits per heavy atom. The molecule has 0 saturated heterocycles. The summed E-state index contributed by atoms with van der Waals surface area (Å²) in [6.07, 6.45) is 0. The van der Waals surface area contributed by atoms with E-state index in [4.69, 9.17) is 25.5 Å². The number of benzene rings is 3. The molecule has 4 aromatic rings. The quantitative estimate of drug-likeness (QED) is 0.261. The van der Waals surface area contributed by atoms with Crippen molar-refractivity contribution < 1.29 is 28.6 Å². The first-order valence-electron chi connectivity index (χ1n) is 12.1. The number of anilines is 1. The molecule has 0 spiro atoms. The number of nitrogens with zero attached hydrogens (tertiary/aromatic N) is 1. The van der Waals surface area contributed by atoms with Gasteiger partial charge in [-0.25, -0.2) is 0 Å². The lowest BCUT2D eigenvalue weighted by atomic mass is 9.94. The number of ketones is 1. The molecule has 1 aliphatic rings. The molecule has 1 aliphatic heterocycles. The highest BCUT2D eigenvalue weighted by Crippen LogP contribution is 2.44. The zero-order chi connectivity index (χ0) is 27.1. The van der Waals surface area contributed by atoms with Crippen molar-refractivity contribution >= 4 is 39.9 Å². The highest BCUT2D eigenvalue weighted by Gasteiger charge is 2.45. The number of carbonyl (C=O) groups excluding carboxylic acids is 2. The molecule has 194 valence electrons. The van der Waals surface area contributed by atoms with Gasteiger partial charge < -0.3 is 19.0 Å². The number of methoxy groups -OCH3 is 1. The van der Waals surface area contributed by atoms with Crippen molar-refractivity contribution in [2.75, 3.05) is 18.6 Å². The molecule has 5 rings (SSSR count). The maximum atomic E-state index is 13.9. The van der Waals surface area contributed by atoms with Gasteiger partial charge in [0.1, 0.15) is 5.58 Å². The Kier molecular flexibility index (Phi) is 6.63. The molecule has 1 unspecified atom stereocenters. The van der Waals surface area contributed by atoms with Crippen LogP contribution < -0.4 is 14.4 Å². The molecule has 8 heteroatoms. The zero-order valence-electron chi connectivity index (χ0n) is 21.4. The summed E-state index contributed by atoms with van der Waals surface area (Å²) in [5.41, 5.74) is 3.36. The van der Waals surface area contributed by atoms with Crippen LogP contribution in [0.1, 0.15) is 40.2 Å². The molecule has 0 saturated carbocycles. The molecule has 0 bridgehead atoms. The highest BCUT2D eigenvalue weighted by molar-refractivity contribution is 6.31. The van der Waals surface area contributed by atoms with Crippen LogP contribution in [-0.2, 0) is 4.79 Å². The predicted molar refractivity (Wildman–Crippen MR) is 146 cm³/mol. The number of fused-ring (bicyclic) bond motifs is 1. The van der Waals surface area contributed by atoms with Gasteiger partial charge in [-0.15, -0.1) is 0 Å². The fourth-order valence-electron chi connectivity index (χ4n) is 4.90. The van der Waals surface area contributed by atoms with Crippen LogP contribution >= 0.6 is 11.6 Å². The lowest BCUT2D eigenvalue weighted by molar-refractivity contribution is -0.117. The number of hydrogen-bond acceptors (Lipinski definition) is 6. The molecule has 38 heavy (non-hydrogen) atoms. The number of carbonyl (C=O) groups is 2. The first-order valence-corrected chi connectivity index (χ1v) is 12.5. The van der Waals surface area contributed by atoms with Crippen molar-refractivity contribution in [3.63, 3.8) is 0 Å². The molecule has 3 aromatic carbocycles. The van der Waals surface area contributed by atoms with Gasteiger partial charge in [0.2, 0.25) is 5.78 Å². The second-order valence-corrected chi connectivity index (χ2v) is 9.59. The van der Waals surface area contributed by atoms with Gasteiger partial charge >= 0.3 is 0 Å². The van der Waals surface area contributed by atoms with E-state index in [1.807, 2.05) is 39.0 Å². The number of rotatable bonds is 7. The molecular formula is C30H26ClNO6. The summed E-state index contributed by atoms with van der Waals surface area (Å²) in [5.74, 6) is -0.969. The van der Waals surface area contributed by atoms with Crippen LogP contribution in [0, 0.1) is 13.8 Å². The SMILES string of the molecule is CCOc1cc(C2C(C(=O)c3cc4cc(Cl)ccc4o3)=C(O)C(=O)N2c2cc(C)cc(C)c2)ccc1OC. The van der Waals surface area contributed by atoms with E-state index in [0.717, 1.165) is 11.1 Å². The van der Waals surface area contributed by atoms with Crippen molar-refractivity contribution in [2.45, 2.75) is 26.8 Å². The third kappa shape index (κ3) is 4.39.